The maximum absolute atomic E-state index is 9.16. The lowest BCUT2D eigenvalue weighted by Crippen LogP contribution is -2.47. The number of anilines is 3. The van der Waals surface area contributed by atoms with E-state index in [0.29, 0.717) is 24.8 Å². The normalized spacial score (nSPS) is 16.7. The fraction of sp³-hybridized carbons (Fsp3) is 0.432. The SMILES string of the molecule is CC1=NCc2ncc(-c3cncc(N4CCN(CCO)CC4)n3)cc21.COc1ccc(Cn2nc(C)c3cc(-c4cncc(N5CCN(CCO)CC5)n4)cnc32)cc1.COc1ccc(Cn2nc(C)c3cc(B4OC(C)(C)C(C)(C)O4)cnc32)cc1.OCCN1CCN(c2cncc(Cl)n2)CC1. The second-order valence-electron chi connectivity index (χ2n) is 27.0. The molecule has 0 bridgehead atoms. The zero-order valence-electron chi connectivity index (χ0n) is 60.3. The van der Waals surface area contributed by atoms with Crippen molar-refractivity contribution in [1.82, 2.24) is 79.1 Å². The Hall–Kier alpha value is -9.23. The Balaban J connectivity index is 0.000000133. The Kier molecular flexibility index (Phi) is 23.9. The molecule has 4 fully saturated rings. The van der Waals surface area contributed by atoms with Crippen LogP contribution >= 0.6 is 11.6 Å². The number of aliphatic imine (C=N–C) groups is 1. The van der Waals surface area contributed by atoms with Crippen molar-refractivity contribution >= 4 is 69.4 Å². The number of pyridine rings is 3. The number of piperazine rings is 3. The highest BCUT2D eigenvalue weighted by atomic mass is 35.5. The maximum Gasteiger partial charge on any atom is 0.496 e. The summed E-state index contributed by atoms with van der Waals surface area (Å²) in [4.78, 5) is 58.6. The zero-order chi connectivity index (χ0) is 72.2. The summed E-state index contributed by atoms with van der Waals surface area (Å²) < 4.78 is 26.7. The molecule has 0 unspecified atom stereocenters. The third-order valence-corrected chi connectivity index (χ3v) is 19.8. The molecular weight excluding hydrogens is 1330 g/mol. The summed E-state index contributed by atoms with van der Waals surface area (Å²) in [6.45, 7) is 29.9. The van der Waals surface area contributed by atoms with E-state index in [1.165, 1.54) is 6.20 Å². The van der Waals surface area contributed by atoms with E-state index in [9.17, 15) is 0 Å². The van der Waals surface area contributed by atoms with Gasteiger partial charge < -0.3 is 48.8 Å². The second kappa shape index (κ2) is 33.5. The number of hydrogen-bond donors (Lipinski definition) is 3. The summed E-state index contributed by atoms with van der Waals surface area (Å²) >= 11 is 5.80. The number of hydrogen-bond acceptors (Lipinski definition) is 25. The lowest BCUT2D eigenvalue weighted by Gasteiger charge is -2.34. The quantitative estimate of drug-likeness (QED) is 0.0755. The van der Waals surface area contributed by atoms with E-state index in [4.69, 9.17) is 70.9 Å². The molecule has 0 aliphatic carbocycles. The van der Waals surface area contributed by atoms with E-state index in [0.717, 1.165) is 217 Å². The minimum Gasteiger partial charge on any atom is -0.497 e. The Morgan fingerprint density at radius 2 is 0.913 bits per heavy atom. The lowest BCUT2D eigenvalue weighted by molar-refractivity contribution is 0.00578. The van der Waals surface area contributed by atoms with Gasteiger partial charge in [0.25, 0.3) is 0 Å². The van der Waals surface area contributed by atoms with Gasteiger partial charge in [0.15, 0.2) is 11.3 Å². The first kappa shape index (κ1) is 73.5. The van der Waals surface area contributed by atoms with Crippen LogP contribution in [0.4, 0.5) is 17.5 Å². The number of benzene rings is 2. The predicted octanol–water partition coefficient (Wildman–Crippen LogP) is 6.68. The molecule has 0 amide bonds. The average molecular weight is 1420 g/mol. The first-order chi connectivity index (χ1) is 49.9. The summed E-state index contributed by atoms with van der Waals surface area (Å²) in [5.41, 5.74) is 12.7. The minimum atomic E-state index is -0.425. The van der Waals surface area contributed by atoms with Crippen LogP contribution in [0, 0.1) is 13.8 Å². The molecule has 3 N–H and O–H groups in total. The molecule has 8 aromatic heterocycles. The van der Waals surface area contributed by atoms with Crippen LogP contribution < -0.4 is 29.6 Å². The van der Waals surface area contributed by atoms with E-state index in [1.54, 1.807) is 32.8 Å². The molecule has 5 aliphatic rings. The Morgan fingerprint density at radius 3 is 1.36 bits per heavy atom. The monoisotopic (exact) mass is 1420 g/mol. The number of nitrogens with zero attached hydrogens (tertiary/aromatic N) is 20. The molecule has 0 saturated carbocycles. The van der Waals surface area contributed by atoms with Crippen LogP contribution in [0.1, 0.15) is 68.4 Å². The van der Waals surface area contributed by atoms with Crippen molar-refractivity contribution < 1.29 is 34.1 Å². The molecule has 10 aromatic rings. The van der Waals surface area contributed by atoms with Gasteiger partial charge in [0.2, 0.25) is 0 Å². The van der Waals surface area contributed by atoms with Gasteiger partial charge >= 0.3 is 7.12 Å². The first-order valence-corrected chi connectivity index (χ1v) is 35.4. The number of halogens is 1. The number of aliphatic hydroxyl groups is 3. The van der Waals surface area contributed by atoms with Gasteiger partial charge in [0.05, 0.1) is 131 Å². The number of aliphatic hydroxyl groups excluding tert-OH is 3. The van der Waals surface area contributed by atoms with Crippen LogP contribution in [0.5, 0.6) is 11.5 Å². The molecular formula is C74H92BClN20O7. The van der Waals surface area contributed by atoms with Crippen molar-refractivity contribution in [3.8, 4) is 34.0 Å². The second-order valence-corrected chi connectivity index (χ2v) is 27.4. The average Bonchev–Trinajstić information content (AvgIpc) is 1.63. The molecule has 0 atom stereocenters. The fourth-order valence-corrected chi connectivity index (χ4v) is 13.0. The highest BCUT2D eigenvalue weighted by Crippen LogP contribution is 2.37. The molecule has 103 heavy (non-hydrogen) atoms. The number of aryl methyl sites for hydroxylation is 2. The highest BCUT2D eigenvalue weighted by molar-refractivity contribution is 6.62. The molecule has 15 rings (SSSR count). The summed E-state index contributed by atoms with van der Waals surface area (Å²) in [7, 11) is 2.91. The van der Waals surface area contributed by atoms with Gasteiger partial charge in [-0.2, -0.15) is 10.2 Å². The van der Waals surface area contributed by atoms with Crippen molar-refractivity contribution in [2.24, 2.45) is 4.99 Å². The molecule has 13 heterocycles. The summed E-state index contributed by atoms with van der Waals surface area (Å²) in [6, 6.07) is 22.3. The van der Waals surface area contributed by atoms with E-state index < -0.39 is 7.12 Å². The van der Waals surface area contributed by atoms with Crippen LogP contribution in [-0.2, 0) is 28.9 Å². The molecule has 27 nitrogen and oxygen atoms in total. The predicted molar refractivity (Wildman–Crippen MR) is 401 cm³/mol. The number of rotatable bonds is 18. The number of aromatic nitrogens is 13. The largest absolute Gasteiger partial charge is 0.497 e. The van der Waals surface area contributed by atoms with E-state index in [2.05, 4.69) is 110 Å². The number of methoxy groups -OCH3 is 2. The Morgan fingerprint density at radius 1 is 0.495 bits per heavy atom. The summed E-state index contributed by atoms with van der Waals surface area (Å²) in [6.07, 6.45) is 16.0. The molecule has 0 radical (unpaired) electrons. The zero-order valence-corrected chi connectivity index (χ0v) is 61.0. The Bertz CT molecular complexity index is 4490. The van der Waals surface area contributed by atoms with Crippen molar-refractivity contribution in [1.29, 1.82) is 0 Å². The number of ether oxygens (including phenoxy) is 2. The van der Waals surface area contributed by atoms with Crippen LogP contribution in [0.2, 0.25) is 5.15 Å². The van der Waals surface area contributed by atoms with Crippen molar-refractivity contribution in [3.05, 3.63) is 161 Å². The first-order valence-electron chi connectivity index (χ1n) is 35.0. The molecule has 4 saturated heterocycles. The molecule has 29 heteroatoms. The Labute approximate surface area is 606 Å². The molecule has 0 spiro atoms. The maximum atomic E-state index is 9.16. The summed E-state index contributed by atoms with van der Waals surface area (Å²) in [5.74, 6) is 4.27. The number of fused-ring (bicyclic) bond motifs is 3. The van der Waals surface area contributed by atoms with E-state index in [-0.39, 0.29) is 31.0 Å². The standard InChI is InChI=1S/C25H29N7O2.C21H26BN3O3.C18H22N6O.C10H15ClN4O/c1-18-22-13-20(14-27-25(22)32(29-18)17-19-3-5-21(34-2)6-4-19)23-15-26-16-24(28-23)31-9-7-30(8-10-31)11-12-33;1-14-18-11-16(22-27-20(2,3)21(4,5)28-22)12-23-19(18)25(24-14)13-15-7-9-17(26-6)10-8-15;1-13-15-8-14(9-21-17(15)11-20-13)16-10-19-12-18(22-16)24-4-2-23(3-5-24)6-7-25;11-9-7-12-8-10(13-9)15-3-1-14(2-4-15)5-6-16/h3-6,13-16,33H,7-12,17H2,1-2H3;7-12H,13H2,1-6H3;8-10,12,25H,2-7,11H2,1H3;7-8,16H,1-6H2. The fourth-order valence-electron chi connectivity index (χ4n) is 12.9. The van der Waals surface area contributed by atoms with Gasteiger partial charge in [-0.15, -0.1) is 0 Å². The summed E-state index contributed by atoms with van der Waals surface area (Å²) in [5, 5.41) is 38.9. The minimum absolute atomic E-state index is 0.195. The molecule has 5 aliphatic heterocycles. The molecule has 2 aromatic carbocycles. The van der Waals surface area contributed by atoms with Crippen LogP contribution in [0.15, 0.2) is 127 Å². The van der Waals surface area contributed by atoms with Crippen molar-refractivity contribution in [2.75, 3.05) is 147 Å². The smallest absolute Gasteiger partial charge is 0.496 e. The van der Waals surface area contributed by atoms with Gasteiger partial charge in [-0.05, 0) is 102 Å². The van der Waals surface area contributed by atoms with Crippen LogP contribution in [0.3, 0.4) is 0 Å². The van der Waals surface area contributed by atoms with Crippen LogP contribution in [-0.4, -0.2) is 251 Å². The van der Waals surface area contributed by atoms with Gasteiger partial charge in [-0.1, -0.05) is 35.9 Å². The lowest BCUT2D eigenvalue weighted by atomic mass is 9.80. The van der Waals surface area contributed by atoms with Crippen LogP contribution in [0.25, 0.3) is 44.6 Å². The highest BCUT2D eigenvalue weighted by Gasteiger charge is 2.52. The van der Waals surface area contributed by atoms with E-state index in [1.807, 2.05) is 110 Å². The number of β-amino-alcohol motifs (C(OH)–C–C–N with tert-alkyl or cyclic N) is 3. The van der Waals surface area contributed by atoms with E-state index >= 15 is 0 Å². The topological polar surface area (TPSA) is 281 Å². The van der Waals surface area contributed by atoms with Crippen molar-refractivity contribution in [3.63, 3.8) is 0 Å². The van der Waals surface area contributed by atoms with Gasteiger partial charge in [0.1, 0.15) is 34.1 Å². The van der Waals surface area contributed by atoms with Gasteiger partial charge in [0, 0.05) is 155 Å². The third-order valence-electron chi connectivity index (χ3n) is 19.7. The molecule has 540 valence electrons. The van der Waals surface area contributed by atoms with Crippen molar-refractivity contribution in [2.45, 2.75) is 79.3 Å². The van der Waals surface area contributed by atoms with Gasteiger partial charge in [-0.3, -0.25) is 39.6 Å². The third kappa shape index (κ3) is 17.9. The van der Waals surface area contributed by atoms with Gasteiger partial charge in [-0.25, -0.2) is 34.3 Å².